The summed E-state index contributed by atoms with van der Waals surface area (Å²) in [6.45, 7) is 1.43. The lowest BCUT2D eigenvalue weighted by Crippen LogP contribution is -2.24. The quantitative estimate of drug-likeness (QED) is 0.636. The number of rotatable bonds is 6. The maximum Gasteiger partial charge on any atom is 0.251 e. The molecule has 0 atom stereocenters. The van der Waals surface area contributed by atoms with Gasteiger partial charge in [0.1, 0.15) is 5.75 Å². The van der Waals surface area contributed by atoms with Crippen molar-refractivity contribution in [2.24, 2.45) is 0 Å². The number of alkyl halides is 1. The van der Waals surface area contributed by atoms with Gasteiger partial charge < -0.3 is 10.1 Å². The predicted octanol–water partition coefficient (Wildman–Crippen LogP) is 2.76. The van der Waals surface area contributed by atoms with Gasteiger partial charge in [-0.1, -0.05) is 6.42 Å². The lowest BCUT2D eigenvalue weighted by molar-refractivity contribution is 0.0953. The Morgan fingerprint density at radius 1 is 1.33 bits per heavy atom. The number of hydrogen-bond donors (Lipinski definition) is 1. The van der Waals surface area contributed by atoms with Crippen LogP contribution in [0, 0.1) is 0 Å². The SMILES string of the molecule is O=C(NCCCCCCl)c1ccc2c(c1)CCO2. The summed E-state index contributed by atoms with van der Waals surface area (Å²) in [6, 6.07) is 5.62. The molecule has 1 heterocycles. The van der Waals surface area contributed by atoms with Crippen LogP contribution in [0.4, 0.5) is 0 Å². The number of ether oxygens (including phenoxy) is 1. The van der Waals surface area contributed by atoms with Crippen LogP contribution in [0.1, 0.15) is 35.2 Å². The molecule has 98 valence electrons. The Bertz CT molecular complexity index is 420. The molecule has 2 rings (SSSR count). The van der Waals surface area contributed by atoms with Crippen LogP contribution >= 0.6 is 11.6 Å². The van der Waals surface area contributed by atoms with Crippen LogP contribution in [0.3, 0.4) is 0 Å². The van der Waals surface area contributed by atoms with Crippen LogP contribution in [-0.4, -0.2) is 24.9 Å². The third kappa shape index (κ3) is 3.39. The van der Waals surface area contributed by atoms with Crippen molar-refractivity contribution in [2.75, 3.05) is 19.0 Å². The predicted molar refractivity (Wildman–Crippen MR) is 72.5 cm³/mol. The van der Waals surface area contributed by atoms with Crippen LogP contribution in [-0.2, 0) is 6.42 Å². The lowest BCUT2D eigenvalue weighted by atomic mass is 10.1. The number of carbonyl (C=O) groups excluding carboxylic acids is 1. The number of carbonyl (C=O) groups is 1. The summed E-state index contributed by atoms with van der Waals surface area (Å²) >= 11 is 5.59. The minimum Gasteiger partial charge on any atom is -0.493 e. The van der Waals surface area contributed by atoms with Crippen molar-refractivity contribution in [3.63, 3.8) is 0 Å². The van der Waals surface area contributed by atoms with Crippen LogP contribution in [0.25, 0.3) is 0 Å². The Hall–Kier alpha value is -1.22. The highest BCUT2D eigenvalue weighted by Crippen LogP contribution is 2.25. The highest BCUT2D eigenvalue weighted by molar-refractivity contribution is 6.17. The van der Waals surface area contributed by atoms with E-state index in [2.05, 4.69) is 5.32 Å². The van der Waals surface area contributed by atoms with Gasteiger partial charge in [-0.3, -0.25) is 4.79 Å². The van der Waals surface area contributed by atoms with Gasteiger partial charge in [0.25, 0.3) is 5.91 Å². The molecule has 1 aromatic rings. The molecule has 1 aromatic carbocycles. The van der Waals surface area contributed by atoms with E-state index in [4.69, 9.17) is 16.3 Å². The zero-order chi connectivity index (χ0) is 12.8. The molecule has 0 radical (unpaired) electrons. The Morgan fingerprint density at radius 3 is 3.06 bits per heavy atom. The van der Waals surface area contributed by atoms with Gasteiger partial charge in [-0.05, 0) is 36.6 Å². The van der Waals surface area contributed by atoms with Crippen LogP contribution in [0.15, 0.2) is 18.2 Å². The molecule has 0 aromatic heterocycles. The molecule has 1 amide bonds. The van der Waals surface area contributed by atoms with Crippen molar-refractivity contribution in [3.8, 4) is 5.75 Å². The van der Waals surface area contributed by atoms with E-state index in [1.54, 1.807) is 0 Å². The Balaban J connectivity index is 1.82. The smallest absolute Gasteiger partial charge is 0.251 e. The topological polar surface area (TPSA) is 38.3 Å². The van der Waals surface area contributed by atoms with Gasteiger partial charge >= 0.3 is 0 Å². The van der Waals surface area contributed by atoms with E-state index in [1.807, 2.05) is 18.2 Å². The highest BCUT2D eigenvalue weighted by Gasteiger charge is 2.14. The first-order valence-corrected chi connectivity index (χ1v) is 6.94. The fourth-order valence-corrected chi connectivity index (χ4v) is 2.22. The molecule has 1 N–H and O–H groups in total. The van der Waals surface area contributed by atoms with E-state index in [1.165, 1.54) is 0 Å². The first-order chi connectivity index (χ1) is 8.81. The first-order valence-electron chi connectivity index (χ1n) is 6.41. The molecule has 0 saturated carbocycles. The molecule has 1 aliphatic rings. The zero-order valence-corrected chi connectivity index (χ0v) is 11.1. The van der Waals surface area contributed by atoms with E-state index in [-0.39, 0.29) is 5.91 Å². The van der Waals surface area contributed by atoms with E-state index >= 15 is 0 Å². The average molecular weight is 268 g/mol. The van der Waals surface area contributed by atoms with Crippen LogP contribution < -0.4 is 10.1 Å². The number of unbranched alkanes of at least 4 members (excludes halogenated alkanes) is 2. The van der Waals surface area contributed by atoms with Gasteiger partial charge in [0.2, 0.25) is 0 Å². The van der Waals surface area contributed by atoms with Crippen molar-refractivity contribution in [1.29, 1.82) is 0 Å². The van der Waals surface area contributed by atoms with Crippen molar-refractivity contribution in [3.05, 3.63) is 29.3 Å². The van der Waals surface area contributed by atoms with Crippen molar-refractivity contribution >= 4 is 17.5 Å². The second-order valence-corrected chi connectivity index (χ2v) is 4.80. The third-order valence-corrected chi connectivity index (χ3v) is 3.31. The highest BCUT2D eigenvalue weighted by atomic mass is 35.5. The number of nitrogens with one attached hydrogen (secondary N) is 1. The number of halogens is 1. The second kappa shape index (κ2) is 6.64. The second-order valence-electron chi connectivity index (χ2n) is 4.43. The molecule has 0 unspecified atom stereocenters. The van der Waals surface area contributed by atoms with E-state index in [0.29, 0.717) is 12.4 Å². The molecule has 0 spiro atoms. The molecule has 0 aliphatic carbocycles. The minimum absolute atomic E-state index is 0.00410. The van der Waals surface area contributed by atoms with Crippen molar-refractivity contribution < 1.29 is 9.53 Å². The third-order valence-electron chi connectivity index (χ3n) is 3.05. The number of amides is 1. The van der Waals surface area contributed by atoms with E-state index < -0.39 is 0 Å². The standard InChI is InChI=1S/C14H18ClNO2/c15-7-2-1-3-8-16-14(17)12-4-5-13-11(10-12)6-9-18-13/h4-5,10H,1-3,6-9H2,(H,16,17). The zero-order valence-electron chi connectivity index (χ0n) is 10.4. The normalized spacial score (nSPS) is 12.9. The largest absolute Gasteiger partial charge is 0.493 e. The number of hydrogen-bond acceptors (Lipinski definition) is 2. The van der Waals surface area contributed by atoms with Gasteiger partial charge in [0, 0.05) is 24.4 Å². The van der Waals surface area contributed by atoms with E-state index in [9.17, 15) is 4.79 Å². The summed E-state index contributed by atoms with van der Waals surface area (Å²) in [7, 11) is 0. The maximum atomic E-state index is 11.9. The van der Waals surface area contributed by atoms with Crippen LogP contribution in [0.2, 0.25) is 0 Å². The Labute approximate surface area is 112 Å². The number of fused-ring (bicyclic) bond motifs is 1. The van der Waals surface area contributed by atoms with Gasteiger partial charge in [-0.25, -0.2) is 0 Å². The molecule has 4 heteroatoms. The fraction of sp³-hybridized carbons (Fsp3) is 0.500. The van der Waals surface area contributed by atoms with Gasteiger partial charge in [0.15, 0.2) is 0 Å². The van der Waals surface area contributed by atoms with Gasteiger partial charge in [-0.15, -0.1) is 11.6 Å². The molecule has 18 heavy (non-hydrogen) atoms. The Kier molecular flexibility index (Phi) is 4.88. The fourth-order valence-electron chi connectivity index (χ4n) is 2.03. The summed E-state index contributed by atoms with van der Waals surface area (Å²) in [5.74, 6) is 1.60. The summed E-state index contributed by atoms with van der Waals surface area (Å²) in [4.78, 5) is 11.9. The van der Waals surface area contributed by atoms with Gasteiger partial charge in [0.05, 0.1) is 6.61 Å². The maximum absolute atomic E-state index is 11.9. The molecular formula is C14H18ClNO2. The van der Waals surface area contributed by atoms with Crippen molar-refractivity contribution in [2.45, 2.75) is 25.7 Å². The van der Waals surface area contributed by atoms with Crippen LogP contribution in [0.5, 0.6) is 5.75 Å². The molecule has 0 saturated heterocycles. The summed E-state index contributed by atoms with van der Waals surface area (Å²) in [5, 5.41) is 2.93. The molecule has 1 aliphatic heterocycles. The van der Waals surface area contributed by atoms with Crippen molar-refractivity contribution in [1.82, 2.24) is 5.32 Å². The van der Waals surface area contributed by atoms with Gasteiger partial charge in [-0.2, -0.15) is 0 Å². The average Bonchev–Trinajstić information content (AvgIpc) is 2.85. The van der Waals surface area contributed by atoms with E-state index in [0.717, 1.165) is 49.2 Å². The monoisotopic (exact) mass is 267 g/mol. The summed E-state index contributed by atoms with van der Waals surface area (Å²) < 4.78 is 5.41. The summed E-state index contributed by atoms with van der Waals surface area (Å²) in [5.41, 5.74) is 1.85. The molecular weight excluding hydrogens is 250 g/mol. The number of benzene rings is 1. The summed E-state index contributed by atoms with van der Waals surface area (Å²) in [6.07, 6.45) is 3.94. The molecule has 3 nitrogen and oxygen atoms in total. The molecule has 0 bridgehead atoms. The lowest BCUT2D eigenvalue weighted by Gasteiger charge is -2.06. The first kappa shape index (κ1) is 13.2. The Morgan fingerprint density at radius 2 is 2.22 bits per heavy atom. The molecule has 0 fully saturated rings. The minimum atomic E-state index is -0.00410.